The molecule has 0 radical (unpaired) electrons. The number of aliphatic hydroxyl groups excluding tert-OH is 1. The fourth-order valence-electron chi connectivity index (χ4n) is 5.37. The van der Waals surface area contributed by atoms with E-state index in [9.17, 15) is 15.0 Å². The van der Waals surface area contributed by atoms with Crippen molar-refractivity contribution in [3.63, 3.8) is 0 Å². The Labute approximate surface area is 144 Å². The van der Waals surface area contributed by atoms with Crippen molar-refractivity contribution in [3.8, 4) is 0 Å². The SMILES string of the molecule is C/C=C\C(=O)O[C@@H]1C[C@@H]2O[C@@H]2[C@H](O)[C@]2(C)CC[C@](O)(C(C)C)[C@@]12C. The summed E-state index contributed by atoms with van der Waals surface area (Å²) in [7, 11) is 0. The van der Waals surface area contributed by atoms with Gasteiger partial charge in [-0.3, -0.25) is 0 Å². The summed E-state index contributed by atoms with van der Waals surface area (Å²) in [6, 6.07) is 0. The zero-order chi connectivity index (χ0) is 17.9. The Kier molecular flexibility index (Phi) is 4.14. The van der Waals surface area contributed by atoms with Gasteiger partial charge < -0.3 is 19.7 Å². The van der Waals surface area contributed by atoms with Crippen LogP contribution >= 0.6 is 0 Å². The molecule has 0 aromatic carbocycles. The molecular formula is C19H30O5. The monoisotopic (exact) mass is 338 g/mol. The van der Waals surface area contributed by atoms with Gasteiger partial charge in [-0.2, -0.15) is 0 Å². The second-order valence-electron chi connectivity index (χ2n) is 8.44. The van der Waals surface area contributed by atoms with E-state index < -0.39 is 34.6 Å². The molecule has 1 aliphatic heterocycles. The number of epoxide rings is 1. The lowest BCUT2D eigenvalue weighted by molar-refractivity contribution is -0.213. The number of ether oxygens (including phenoxy) is 2. The maximum absolute atomic E-state index is 12.1. The van der Waals surface area contributed by atoms with Crippen LogP contribution in [0.1, 0.15) is 53.9 Å². The average Bonchev–Trinajstić information content (AvgIpc) is 3.24. The smallest absolute Gasteiger partial charge is 0.330 e. The van der Waals surface area contributed by atoms with Crippen LogP contribution < -0.4 is 0 Å². The maximum Gasteiger partial charge on any atom is 0.330 e. The van der Waals surface area contributed by atoms with Gasteiger partial charge in [0, 0.05) is 23.3 Å². The van der Waals surface area contributed by atoms with Crippen LogP contribution in [-0.2, 0) is 14.3 Å². The summed E-state index contributed by atoms with van der Waals surface area (Å²) >= 11 is 0. The molecule has 5 nitrogen and oxygen atoms in total. The summed E-state index contributed by atoms with van der Waals surface area (Å²) in [4.78, 5) is 12.1. The number of rotatable bonds is 3. The van der Waals surface area contributed by atoms with Gasteiger partial charge in [0.25, 0.3) is 0 Å². The van der Waals surface area contributed by atoms with E-state index >= 15 is 0 Å². The van der Waals surface area contributed by atoms with Gasteiger partial charge in [-0.1, -0.05) is 33.8 Å². The molecule has 3 fully saturated rings. The van der Waals surface area contributed by atoms with Crippen molar-refractivity contribution < 1.29 is 24.5 Å². The predicted molar refractivity (Wildman–Crippen MR) is 89.2 cm³/mol. The van der Waals surface area contributed by atoms with Crippen molar-refractivity contribution in [1.29, 1.82) is 0 Å². The van der Waals surface area contributed by atoms with Crippen molar-refractivity contribution in [2.24, 2.45) is 16.7 Å². The Morgan fingerprint density at radius 3 is 2.58 bits per heavy atom. The molecule has 3 rings (SSSR count). The molecule has 0 spiro atoms. The van der Waals surface area contributed by atoms with E-state index in [1.165, 1.54) is 6.08 Å². The molecule has 0 bridgehead atoms. The highest BCUT2D eigenvalue weighted by Gasteiger charge is 2.74. The average molecular weight is 338 g/mol. The Morgan fingerprint density at radius 2 is 2.00 bits per heavy atom. The van der Waals surface area contributed by atoms with E-state index in [0.29, 0.717) is 19.3 Å². The summed E-state index contributed by atoms with van der Waals surface area (Å²) in [5, 5.41) is 22.6. The van der Waals surface area contributed by atoms with E-state index in [1.807, 2.05) is 27.7 Å². The zero-order valence-electron chi connectivity index (χ0n) is 15.3. The van der Waals surface area contributed by atoms with Gasteiger partial charge in [0.15, 0.2) is 0 Å². The number of fused-ring (bicyclic) bond motifs is 2. The van der Waals surface area contributed by atoms with Gasteiger partial charge in [0.2, 0.25) is 0 Å². The molecule has 2 N–H and O–H groups in total. The van der Waals surface area contributed by atoms with Crippen LogP contribution in [0.2, 0.25) is 0 Å². The van der Waals surface area contributed by atoms with Crippen LogP contribution in [0.5, 0.6) is 0 Å². The molecule has 0 aromatic rings. The van der Waals surface area contributed by atoms with Crippen molar-refractivity contribution in [2.75, 3.05) is 0 Å². The molecule has 0 amide bonds. The number of carbonyl (C=O) groups is 1. The van der Waals surface area contributed by atoms with Crippen molar-refractivity contribution in [1.82, 2.24) is 0 Å². The van der Waals surface area contributed by atoms with Gasteiger partial charge in [0.05, 0.1) is 17.8 Å². The molecule has 0 aromatic heterocycles. The summed E-state index contributed by atoms with van der Waals surface area (Å²) in [5.41, 5.74) is -2.30. The zero-order valence-corrected chi connectivity index (χ0v) is 15.3. The van der Waals surface area contributed by atoms with Crippen LogP contribution in [-0.4, -0.2) is 46.2 Å². The molecule has 1 saturated heterocycles. The van der Waals surface area contributed by atoms with Crippen LogP contribution in [0.25, 0.3) is 0 Å². The van der Waals surface area contributed by atoms with Crippen LogP contribution in [0.4, 0.5) is 0 Å². The first-order chi connectivity index (χ1) is 11.1. The largest absolute Gasteiger partial charge is 0.458 e. The summed E-state index contributed by atoms with van der Waals surface area (Å²) in [6.07, 6.45) is 3.37. The van der Waals surface area contributed by atoms with E-state index in [2.05, 4.69) is 0 Å². The third kappa shape index (κ3) is 2.14. The second kappa shape index (κ2) is 5.55. The number of esters is 1. The second-order valence-corrected chi connectivity index (χ2v) is 8.44. The molecule has 7 atom stereocenters. The van der Waals surface area contributed by atoms with Crippen LogP contribution in [0.3, 0.4) is 0 Å². The van der Waals surface area contributed by atoms with E-state index in [4.69, 9.17) is 9.47 Å². The molecule has 136 valence electrons. The number of carbonyl (C=O) groups excluding carboxylic acids is 1. The third-order valence-electron chi connectivity index (χ3n) is 7.30. The minimum atomic E-state index is -1.000. The van der Waals surface area contributed by atoms with Crippen molar-refractivity contribution in [2.45, 2.75) is 83.9 Å². The molecular weight excluding hydrogens is 308 g/mol. The first-order valence-electron chi connectivity index (χ1n) is 9.01. The molecule has 2 saturated carbocycles. The van der Waals surface area contributed by atoms with E-state index in [0.717, 1.165) is 0 Å². The Hall–Kier alpha value is -0.910. The molecule has 0 unspecified atom stereocenters. The van der Waals surface area contributed by atoms with Gasteiger partial charge in [-0.25, -0.2) is 4.79 Å². The number of hydrogen-bond acceptors (Lipinski definition) is 5. The summed E-state index contributed by atoms with van der Waals surface area (Å²) in [6.45, 7) is 9.76. The van der Waals surface area contributed by atoms with E-state index in [1.54, 1.807) is 13.0 Å². The minimum Gasteiger partial charge on any atom is -0.458 e. The predicted octanol–water partition coefficient (Wildman–Crippen LogP) is 2.20. The van der Waals surface area contributed by atoms with Gasteiger partial charge in [-0.05, 0) is 25.7 Å². The lowest BCUT2D eigenvalue weighted by Crippen LogP contribution is -2.62. The van der Waals surface area contributed by atoms with E-state index in [-0.39, 0.29) is 18.1 Å². The highest BCUT2D eigenvalue weighted by molar-refractivity contribution is 5.82. The third-order valence-corrected chi connectivity index (χ3v) is 7.30. The quantitative estimate of drug-likeness (QED) is 0.468. The summed E-state index contributed by atoms with van der Waals surface area (Å²) in [5.74, 6) is -0.410. The molecule has 1 heterocycles. The minimum absolute atomic E-state index is 0.00482. The normalized spacial score (nSPS) is 50.5. The first-order valence-corrected chi connectivity index (χ1v) is 9.01. The molecule has 24 heavy (non-hydrogen) atoms. The fourth-order valence-corrected chi connectivity index (χ4v) is 5.37. The Balaban J connectivity index is 2.07. The van der Waals surface area contributed by atoms with Gasteiger partial charge >= 0.3 is 5.97 Å². The number of aliphatic hydroxyl groups is 2. The van der Waals surface area contributed by atoms with Gasteiger partial charge in [0.1, 0.15) is 12.2 Å². The highest BCUT2D eigenvalue weighted by Crippen LogP contribution is 2.68. The Morgan fingerprint density at radius 1 is 1.33 bits per heavy atom. The maximum atomic E-state index is 12.1. The topological polar surface area (TPSA) is 79.3 Å². The standard InChI is InChI=1S/C19H30O5/c1-6-7-14(20)24-13-10-12-15(23-12)16(21)17(4)8-9-19(22,11(2)3)18(13,17)5/h6-7,11-13,15-16,21-22H,8-10H2,1-5H3/b7-6-/t12-,13+,15-,16-,17-,18-,19-/m0/s1. The van der Waals surface area contributed by atoms with Crippen molar-refractivity contribution >= 4 is 5.97 Å². The molecule has 3 aliphatic rings. The lowest BCUT2D eigenvalue weighted by atomic mass is 9.55. The fraction of sp³-hybridized carbons (Fsp3) is 0.842. The summed E-state index contributed by atoms with van der Waals surface area (Å²) < 4.78 is 11.5. The van der Waals surface area contributed by atoms with Crippen LogP contribution in [0.15, 0.2) is 12.2 Å². The highest BCUT2D eigenvalue weighted by atomic mass is 16.6. The lowest BCUT2D eigenvalue weighted by Gasteiger charge is -2.54. The van der Waals surface area contributed by atoms with Crippen molar-refractivity contribution in [3.05, 3.63) is 12.2 Å². The molecule has 2 aliphatic carbocycles. The number of hydrogen-bond donors (Lipinski definition) is 2. The first kappa shape index (κ1) is 17.9. The number of allylic oxidation sites excluding steroid dienone is 1. The van der Waals surface area contributed by atoms with Crippen LogP contribution in [0, 0.1) is 16.7 Å². The Bertz CT molecular complexity index is 558. The molecule has 5 heteroatoms. The van der Waals surface area contributed by atoms with Gasteiger partial charge in [-0.15, -0.1) is 0 Å².